The topological polar surface area (TPSA) is 91.4 Å². The molecule has 7 heteroatoms. The summed E-state index contributed by atoms with van der Waals surface area (Å²) in [6.07, 6.45) is 0.0375. The molecular formula is C16H24O7. The van der Waals surface area contributed by atoms with Gasteiger partial charge in [-0.25, -0.2) is 9.59 Å². The van der Waals surface area contributed by atoms with Gasteiger partial charge in [0.1, 0.15) is 12.7 Å². The van der Waals surface area contributed by atoms with Crippen LogP contribution in [0.4, 0.5) is 0 Å². The third-order valence-electron chi connectivity index (χ3n) is 2.38. The van der Waals surface area contributed by atoms with Gasteiger partial charge in [-0.2, -0.15) is 0 Å². The predicted molar refractivity (Wildman–Crippen MR) is 82.5 cm³/mol. The molecule has 0 radical (unpaired) electrons. The second-order valence-corrected chi connectivity index (χ2v) is 4.64. The van der Waals surface area contributed by atoms with E-state index >= 15 is 0 Å². The van der Waals surface area contributed by atoms with Crippen LogP contribution >= 0.6 is 0 Å². The van der Waals surface area contributed by atoms with Crippen molar-refractivity contribution in [3.8, 4) is 0 Å². The van der Waals surface area contributed by atoms with Crippen molar-refractivity contribution in [2.45, 2.75) is 33.3 Å². The van der Waals surface area contributed by atoms with Crippen LogP contribution in [-0.2, 0) is 33.3 Å². The first kappa shape index (κ1) is 20.9. The zero-order chi connectivity index (χ0) is 17.8. The predicted octanol–water partition coefficient (Wildman–Crippen LogP) is 1.56. The first-order valence-corrected chi connectivity index (χ1v) is 7.26. The molecule has 0 N–H and O–H groups in total. The molecule has 0 aromatic rings. The maximum atomic E-state index is 11.0. The Morgan fingerprint density at radius 3 is 2.04 bits per heavy atom. The first-order chi connectivity index (χ1) is 10.8. The minimum atomic E-state index is -0.546. The van der Waals surface area contributed by atoms with Crippen molar-refractivity contribution in [1.82, 2.24) is 0 Å². The molecule has 0 amide bonds. The molecular weight excluding hydrogens is 304 g/mol. The van der Waals surface area contributed by atoms with Crippen molar-refractivity contribution >= 4 is 17.9 Å². The van der Waals surface area contributed by atoms with Crippen molar-refractivity contribution in [2.75, 3.05) is 26.4 Å². The summed E-state index contributed by atoms with van der Waals surface area (Å²) < 4.78 is 18.9. The zero-order valence-corrected chi connectivity index (χ0v) is 13.9. The Labute approximate surface area is 136 Å². The average Bonchev–Trinajstić information content (AvgIpc) is 3.29. The molecule has 1 saturated heterocycles. The lowest BCUT2D eigenvalue weighted by atomic mass is 10.2. The van der Waals surface area contributed by atoms with Crippen molar-refractivity contribution in [2.24, 2.45) is 0 Å². The van der Waals surface area contributed by atoms with E-state index in [2.05, 4.69) is 22.6 Å². The van der Waals surface area contributed by atoms with Gasteiger partial charge in [0.15, 0.2) is 0 Å². The van der Waals surface area contributed by atoms with Gasteiger partial charge in [0.25, 0.3) is 0 Å². The van der Waals surface area contributed by atoms with E-state index in [4.69, 9.17) is 9.47 Å². The molecule has 0 saturated carbocycles. The zero-order valence-electron chi connectivity index (χ0n) is 13.9. The van der Waals surface area contributed by atoms with Gasteiger partial charge >= 0.3 is 17.9 Å². The number of esters is 3. The Bertz CT molecular complexity index is 449. The van der Waals surface area contributed by atoms with E-state index in [9.17, 15) is 14.4 Å². The fourth-order valence-corrected chi connectivity index (χ4v) is 1.15. The summed E-state index contributed by atoms with van der Waals surface area (Å²) in [6.45, 7) is 13.5. The van der Waals surface area contributed by atoms with Crippen LogP contribution in [0.15, 0.2) is 24.3 Å². The number of carbonyl (C=O) groups is 3. The van der Waals surface area contributed by atoms with Gasteiger partial charge in [-0.1, -0.05) is 13.2 Å². The first-order valence-electron chi connectivity index (χ1n) is 7.26. The van der Waals surface area contributed by atoms with Crippen LogP contribution in [0.25, 0.3) is 0 Å². The molecule has 1 rings (SSSR count). The monoisotopic (exact) mass is 328 g/mol. The molecule has 0 aromatic heterocycles. The third-order valence-corrected chi connectivity index (χ3v) is 2.38. The fourth-order valence-electron chi connectivity index (χ4n) is 1.15. The summed E-state index contributed by atoms with van der Waals surface area (Å²) >= 11 is 0. The molecule has 130 valence electrons. The molecule has 0 aromatic carbocycles. The normalized spacial score (nSPS) is 14.7. The minimum Gasteiger partial charge on any atom is -0.466 e. The van der Waals surface area contributed by atoms with E-state index in [1.54, 1.807) is 20.8 Å². The highest BCUT2D eigenvalue weighted by Crippen LogP contribution is 2.09. The van der Waals surface area contributed by atoms with Crippen molar-refractivity contribution in [1.29, 1.82) is 0 Å². The van der Waals surface area contributed by atoms with Crippen LogP contribution in [-0.4, -0.2) is 50.4 Å². The minimum absolute atomic E-state index is 0.104. The fraction of sp³-hybridized carbons (Fsp3) is 0.562. The SMILES string of the molecule is C=C(C)C(=O)OCC1CO1.C=C(CC(=O)OCC)C(=O)OCC. The summed E-state index contributed by atoms with van der Waals surface area (Å²) in [5.41, 5.74) is 0.556. The molecule has 1 aliphatic rings. The number of carbonyl (C=O) groups excluding carboxylic acids is 3. The summed E-state index contributed by atoms with van der Waals surface area (Å²) in [5.74, 6) is -1.34. The molecule has 0 aliphatic carbocycles. The van der Waals surface area contributed by atoms with E-state index in [1.807, 2.05) is 0 Å². The quantitative estimate of drug-likeness (QED) is 0.289. The van der Waals surface area contributed by atoms with Crippen LogP contribution in [0, 0.1) is 0 Å². The summed E-state index contributed by atoms with van der Waals surface area (Å²) in [7, 11) is 0. The van der Waals surface area contributed by atoms with Crippen molar-refractivity contribution in [3.63, 3.8) is 0 Å². The number of epoxide rings is 1. The standard InChI is InChI=1S/C9H14O4.C7H10O3/c1-4-12-8(10)6-7(3)9(11)13-5-2;1-5(2)7(8)10-4-6-3-9-6/h3-6H2,1-2H3;6H,1,3-4H2,2H3. The summed E-state index contributed by atoms with van der Waals surface area (Å²) in [4.78, 5) is 32.5. The Balaban J connectivity index is 0.000000433. The molecule has 0 bridgehead atoms. The lowest BCUT2D eigenvalue weighted by molar-refractivity contribution is -0.145. The largest absolute Gasteiger partial charge is 0.466 e. The van der Waals surface area contributed by atoms with Crippen LogP contribution < -0.4 is 0 Å². The van der Waals surface area contributed by atoms with Gasteiger partial charge in [0.2, 0.25) is 0 Å². The van der Waals surface area contributed by atoms with Gasteiger partial charge in [0.05, 0.1) is 26.2 Å². The Morgan fingerprint density at radius 1 is 1.04 bits per heavy atom. The molecule has 23 heavy (non-hydrogen) atoms. The van der Waals surface area contributed by atoms with Gasteiger partial charge in [-0.05, 0) is 20.8 Å². The lowest BCUT2D eigenvalue weighted by Crippen LogP contribution is -2.12. The number of rotatable bonds is 8. The third kappa shape index (κ3) is 11.1. The summed E-state index contributed by atoms with van der Waals surface area (Å²) in [5, 5.41) is 0. The van der Waals surface area contributed by atoms with Crippen LogP contribution in [0.1, 0.15) is 27.2 Å². The molecule has 1 unspecified atom stereocenters. The summed E-state index contributed by atoms with van der Waals surface area (Å²) in [6, 6.07) is 0. The van der Waals surface area contributed by atoms with E-state index in [-0.39, 0.29) is 30.7 Å². The number of ether oxygens (including phenoxy) is 4. The highest BCUT2D eigenvalue weighted by molar-refractivity contribution is 5.93. The van der Waals surface area contributed by atoms with E-state index in [0.717, 1.165) is 0 Å². The number of hydrogen-bond donors (Lipinski definition) is 0. The smallest absolute Gasteiger partial charge is 0.333 e. The molecule has 0 spiro atoms. The highest BCUT2D eigenvalue weighted by Gasteiger charge is 2.24. The Kier molecular flexibility index (Phi) is 10.4. The maximum absolute atomic E-state index is 11.0. The van der Waals surface area contributed by atoms with E-state index in [1.165, 1.54) is 0 Å². The van der Waals surface area contributed by atoms with Gasteiger partial charge in [-0.3, -0.25) is 4.79 Å². The molecule has 1 atom stereocenters. The maximum Gasteiger partial charge on any atom is 0.333 e. The van der Waals surface area contributed by atoms with Gasteiger partial charge in [-0.15, -0.1) is 0 Å². The van der Waals surface area contributed by atoms with Crippen molar-refractivity contribution in [3.05, 3.63) is 24.3 Å². The van der Waals surface area contributed by atoms with E-state index in [0.29, 0.717) is 25.4 Å². The number of hydrogen-bond acceptors (Lipinski definition) is 7. The van der Waals surface area contributed by atoms with E-state index < -0.39 is 11.9 Å². The molecule has 1 heterocycles. The molecule has 1 fully saturated rings. The van der Waals surface area contributed by atoms with Crippen LogP contribution in [0.2, 0.25) is 0 Å². The van der Waals surface area contributed by atoms with Crippen molar-refractivity contribution < 1.29 is 33.3 Å². The van der Waals surface area contributed by atoms with Crippen LogP contribution in [0.5, 0.6) is 0 Å². The Morgan fingerprint density at radius 2 is 1.61 bits per heavy atom. The molecule has 7 nitrogen and oxygen atoms in total. The molecule has 1 aliphatic heterocycles. The Hall–Kier alpha value is -2.15. The average molecular weight is 328 g/mol. The second-order valence-electron chi connectivity index (χ2n) is 4.64. The van der Waals surface area contributed by atoms with Gasteiger partial charge in [0, 0.05) is 11.1 Å². The highest BCUT2D eigenvalue weighted by atomic mass is 16.6. The van der Waals surface area contributed by atoms with Gasteiger partial charge < -0.3 is 18.9 Å². The second kappa shape index (κ2) is 11.4. The van der Waals surface area contributed by atoms with Crippen LogP contribution in [0.3, 0.4) is 0 Å². The lowest BCUT2D eigenvalue weighted by Gasteiger charge is -2.04.